The molecule has 7 heteroatoms. The number of hydrogen-bond acceptors (Lipinski definition) is 7. The van der Waals surface area contributed by atoms with Gasteiger partial charge >= 0.3 is 0 Å². The van der Waals surface area contributed by atoms with Gasteiger partial charge < -0.3 is 15.2 Å². The summed E-state index contributed by atoms with van der Waals surface area (Å²) in [7, 11) is 0. The topological polar surface area (TPSA) is 67.3 Å². The summed E-state index contributed by atoms with van der Waals surface area (Å²) in [6.45, 7) is 5.55. The van der Waals surface area contributed by atoms with Crippen LogP contribution in [0.1, 0.15) is 30.7 Å². The van der Waals surface area contributed by atoms with E-state index >= 15 is 0 Å². The molecule has 0 unspecified atom stereocenters. The summed E-state index contributed by atoms with van der Waals surface area (Å²) in [6, 6.07) is 0. The molecule has 3 heterocycles. The molecule has 0 radical (unpaired) electrons. The number of aromatic nitrogens is 2. The fourth-order valence-corrected chi connectivity index (χ4v) is 4.20. The molecule has 120 valence electrons. The summed E-state index contributed by atoms with van der Waals surface area (Å²) in [5.41, 5.74) is 1.19. The van der Waals surface area contributed by atoms with Crippen LogP contribution in [0.25, 0.3) is 10.2 Å². The minimum absolute atomic E-state index is 0.0855. The minimum atomic E-state index is -0.118. The second-order valence-electron chi connectivity index (χ2n) is 5.66. The summed E-state index contributed by atoms with van der Waals surface area (Å²) in [5.74, 6) is 0.834. The van der Waals surface area contributed by atoms with Crippen molar-refractivity contribution in [3.8, 4) is 0 Å². The highest BCUT2D eigenvalue weighted by molar-refractivity contribution is 7.98. The van der Waals surface area contributed by atoms with E-state index in [1.807, 2.05) is 6.26 Å². The Morgan fingerprint density at radius 3 is 2.95 bits per heavy atom. The lowest BCUT2D eigenvalue weighted by Gasteiger charge is -2.33. The Morgan fingerprint density at radius 1 is 1.45 bits per heavy atom. The summed E-state index contributed by atoms with van der Waals surface area (Å²) in [5, 5.41) is 14.2. The summed E-state index contributed by atoms with van der Waals surface area (Å²) in [4.78, 5) is 11.5. The van der Waals surface area contributed by atoms with Crippen LogP contribution in [0.3, 0.4) is 0 Å². The summed E-state index contributed by atoms with van der Waals surface area (Å²) in [6.07, 6.45) is 3.84. The van der Waals surface area contributed by atoms with Crippen LogP contribution in [0.5, 0.6) is 0 Å². The van der Waals surface area contributed by atoms with Gasteiger partial charge in [-0.15, -0.1) is 11.3 Å². The number of fused-ring (bicyclic) bond motifs is 3. The fourth-order valence-electron chi connectivity index (χ4n) is 2.67. The highest BCUT2D eigenvalue weighted by Gasteiger charge is 2.33. The van der Waals surface area contributed by atoms with Gasteiger partial charge in [-0.3, -0.25) is 0 Å². The third-order valence-electron chi connectivity index (χ3n) is 4.15. The van der Waals surface area contributed by atoms with Crippen molar-refractivity contribution in [2.45, 2.75) is 44.1 Å². The summed E-state index contributed by atoms with van der Waals surface area (Å²) < 4.78 is 6.04. The monoisotopic (exact) mass is 339 g/mol. The molecule has 5 nitrogen and oxygen atoms in total. The third-order valence-corrected chi connectivity index (χ3v) is 5.80. The van der Waals surface area contributed by atoms with E-state index in [-0.39, 0.29) is 12.2 Å². The molecule has 0 amide bonds. The van der Waals surface area contributed by atoms with E-state index in [1.54, 1.807) is 11.3 Å². The van der Waals surface area contributed by atoms with E-state index in [4.69, 9.17) is 9.84 Å². The molecule has 3 rings (SSSR count). The maximum Gasteiger partial charge on any atom is 0.190 e. The van der Waals surface area contributed by atoms with Crippen LogP contribution in [0.4, 0.5) is 5.82 Å². The van der Waals surface area contributed by atoms with Crippen molar-refractivity contribution in [2.24, 2.45) is 0 Å². The van der Waals surface area contributed by atoms with Crippen LogP contribution in [0.2, 0.25) is 0 Å². The van der Waals surface area contributed by atoms with Crippen LogP contribution in [-0.2, 0) is 17.8 Å². The van der Waals surface area contributed by atoms with E-state index in [9.17, 15) is 0 Å². The predicted octanol–water partition coefficient (Wildman–Crippen LogP) is 3.06. The molecule has 1 aliphatic rings. The number of ether oxygens (including phenoxy) is 1. The van der Waals surface area contributed by atoms with Gasteiger partial charge in [0.15, 0.2) is 5.16 Å². The molecule has 2 aromatic heterocycles. The average Bonchev–Trinajstić information content (AvgIpc) is 2.89. The molecule has 0 saturated heterocycles. The average molecular weight is 339 g/mol. The largest absolute Gasteiger partial charge is 0.395 e. The number of thioether (sulfide) groups is 1. The molecule has 22 heavy (non-hydrogen) atoms. The van der Waals surface area contributed by atoms with E-state index in [2.05, 4.69) is 29.1 Å². The number of anilines is 1. The molecule has 0 bridgehead atoms. The summed E-state index contributed by atoms with van der Waals surface area (Å²) >= 11 is 3.23. The SMILES string of the molecule is CC[C@]1(C)Cc2c(sc3nc(SC)nc(NCCO)c23)CO1. The van der Waals surface area contributed by atoms with Crippen molar-refractivity contribution >= 4 is 39.1 Å². The predicted molar refractivity (Wildman–Crippen MR) is 92.0 cm³/mol. The first-order valence-electron chi connectivity index (χ1n) is 7.45. The second-order valence-corrected chi connectivity index (χ2v) is 7.52. The molecule has 2 aromatic rings. The lowest BCUT2D eigenvalue weighted by molar-refractivity contribution is -0.0542. The lowest BCUT2D eigenvalue weighted by Crippen LogP contribution is -2.34. The molecule has 0 saturated carbocycles. The number of thiophene rings is 1. The highest BCUT2D eigenvalue weighted by Crippen LogP contribution is 2.42. The van der Waals surface area contributed by atoms with Crippen molar-refractivity contribution in [2.75, 3.05) is 24.7 Å². The van der Waals surface area contributed by atoms with Crippen molar-refractivity contribution in [1.82, 2.24) is 9.97 Å². The Morgan fingerprint density at radius 2 is 2.27 bits per heavy atom. The molecular weight excluding hydrogens is 318 g/mol. The molecular formula is C15H21N3O2S2. The zero-order valence-corrected chi connectivity index (χ0v) is 14.7. The molecule has 2 N–H and O–H groups in total. The van der Waals surface area contributed by atoms with Crippen LogP contribution in [-0.4, -0.2) is 40.1 Å². The quantitative estimate of drug-likeness (QED) is 0.645. The maximum atomic E-state index is 9.11. The van der Waals surface area contributed by atoms with Crippen LogP contribution in [0.15, 0.2) is 5.16 Å². The second kappa shape index (κ2) is 6.31. The van der Waals surface area contributed by atoms with E-state index in [0.29, 0.717) is 13.2 Å². The van der Waals surface area contributed by atoms with Gasteiger partial charge in [0, 0.05) is 17.8 Å². The van der Waals surface area contributed by atoms with Crippen molar-refractivity contribution < 1.29 is 9.84 Å². The normalized spacial score (nSPS) is 21.1. The molecule has 0 aliphatic carbocycles. The first kappa shape index (κ1) is 16.0. The Bertz CT molecular complexity index is 689. The van der Waals surface area contributed by atoms with Crippen LogP contribution in [0, 0.1) is 0 Å². The molecule has 0 aromatic carbocycles. The number of aliphatic hydroxyl groups is 1. The van der Waals surface area contributed by atoms with E-state index in [0.717, 1.165) is 34.0 Å². The zero-order chi connectivity index (χ0) is 15.7. The van der Waals surface area contributed by atoms with Crippen molar-refractivity contribution in [1.29, 1.82) is 0 Å². The highest BCUT2D eigenvalue weighted by atomic mass is 32.2. The molecule has 1 aliphatic heterocycles. The van der Waals surface area contributed by atoms with Gasteiger partial charge in [0.25, 0.3) is 0 Å². The number of aliphatic hydroxyl groups excluding tert-OH is 1. The Hall–Kier alpha value is -0.890. The van der Waals surface area contributed by atoms with Gasteiger partial charge in [-0.1, -0.05) is 18.7 Å². The maximum absolute atomic E-state index is 9.11. The number of rotatable bonds is 5. The fraction of sp³-hybridized carbons (Fsp3) is 0.600. The van der Waals surface area contributed by atoms with Gasteiger partial charge in [0.05, 0.1) is 24.2 Å². The minimum Gasteiger partial charge on any atom is -0.395 e. The van der Waals surface area contributed by atoms with Gasteiger partial charge in [0.1, 0.15) is 10.6 Å². The van der Waals surface area contributed by atoms with E-state index in [1.165, 1.54) is 22.2 Å². The van der Waals surface area contributed by atoms with Crippen LogP contribution < -0.4 is 5.32 Å². The first-order chi connectivity index (χ1) is 10.6. The number of nitrogens with one attached hydrogen (secondary N) is 1. The van der Waals surface area contributed by atoms with Gasteiger partial charge in [-0.25, -0.2) is 9.97 Å². The molecule has 0 spiro atoms. The van der Waals surface area contributed by atoms with E-state index < -0.39 is 0 Å². The van der Waals surface area contributed by atoms with Crippen molar-refractivity contribution in [3.05, 3.63) is 10.4 Å². The first-order valence-corrected chi connectivity index (χ1v) is 9.49. The zero-order valence-electron chi connectivity index (χ0n) is 13.1. The van der Waals surface area contributed by atoms with Gasteiger partial charge in [-0.2, -0.15) is 0 Å². The van der Waals surface area contributed by atoms with Gasteiger partial charge in [-0.05, 0) is 25.2 Å². The Balaban J connectivity index is 2.13. The van der Waals surface area contributed by atoms with Crippen molar-refractivity contribution in [3.63, 3.8) is 0 Å². The Kier molecular flexibility index (Phi) is 4.59. The standard InChI is InChI=1S/C15H21N3O2S2/c1-4-15(2)7-9-10(8-20-15)22-13-11(9)12(16-5-6-19)17-14(18-13)21-3/h19H,4-8H2,1-3H3,(H,16,17,18)/t15-/m1/s1. The van der Waals surface area contributed by atoms with Crippen LogP contribution >= 0.6 is 23.1 Å². The third kappa shape index (κ3) is 2.82. The number of nitrogens with zero attached hydrogens (tertiary/aromatic N) is 2. The smallest absolute Gasteiger partial charge is 0.190 e. The lowest BCUT2D eigenvalue weighted by atomic mass is 9.90. The molecule has 0 fully saturated rings. The Labute approximate surface area is 138 Å². The molecule has 1 atom stereocenters. The number of hydrogen-bond donors (Lipinski definition) is 2. The van der Waals surface area contributed by atoms with Gasteiger partial charge in [0.2, 0.25) is 0 Å².